The molecule has 0 bridgehead atoms. The Kier molecular flexibility index (Phi) is 4.83. The summed E-state index contributed by atoms with van der Waals surface area (Å²) in [4.78, 5) is 13.7. The highest BCUT2D eigenvalue weighted by Gasteiger charge is 2.20. The second kappa shape index (κ2) is 6.60. The minimum absolute atomic E-state index is 0.0632. The average Bonchev–Trinajstić information content (AvgIpc) is 2.41. The number of ether oxygens (including phenoxy) is 1. The lowest BCUT2D eigenvalue weighted by molar-refractivity contribution is -0.122. The molecule has 1 atom stereocenters. The molecule has 0 radical (unpaired) electrons. The van der Waals surface area contributed by atoms with E-state index >= 15 is 0 Å². The molecule has 0 N–H and O–H groups in total. The summed E-state index contributed by atoms with van der Waals surface area (Å²) in [5.74, 6) is 1.21. The van der Waals surface area contributed by atoms with Gasteiger partial charge in [-0.15, -0.1) is 0 Å². The van der Waals surface area contributed by atoms with Crippen molar-refractivity contribution in [3.8, 4) is 5.75 Å². The van der Waals surface area contributed by atoms with Crippen LogP contribution in [0.2, 0.25) is 0 Å². The van der Waals surface area contributed by atoms with Crippen LogP contribution in [0.5, 0.6) is 5.75 Å². The zero-order valence-corrected chi connectivity index (χ0v) is 11.9. The highest BCUT2D eigenvalue weighted by atomic mass is 16.5. The van der Waals surface area contributed by atoms with E-state index in [0.29, 0.717) is 12.2 Å². The van der Waals surface area contributed by atoms with Gasteiger partial charge in [-0.2, -0.15) is 0 Å². The van der Waals surface area contributed by atoms with Crippen LogP contribution in [-0.4, -0.2) is 25.0 Å². The number of Topliss-reactive ketones (excluding diaryl/α,β-unsaturated/α-hetero) is 1. The zero-order chi connectivity index (χ0) is 13.7. The molecule has 104 valence electrons. The number of carbonyl (C=O) groups is 1. The van der Waals surface area contributed by atoms with Crippen molar-refractivity contribution in [3.05, 3.63) is 24.3 Å². The van der Waals surface area contributed by atoms with Gasteiger partial charge in [0.15, 0.2) is 0 Å². The lowest BCUT2D eigenvalue weighted by Crippen LogP contribution is -2.25. The maximum absolute atomic E-state index is 11.4. The van der Waals surface area contributed by atoms with Gasteiger partial charge in [0.05, 0.1) is 0 Å². The fourth-order valence-electron chi connectivity index (χ4n) is 2.62. The van der Waals surface area contributed by atoms with E-state index in [1.165, 1.54) is 5.69 Å². The van der Waals surface area contributed by atoms with Gasteiger partial charge in [-0.3, -0.25) is 4.79 Å². The van der Waals surface area contributed by atoms with Gasteiger partial charge in [0.25, 0.3) is 0 Å². The molecule has 0 spiro atoms. The molecule has 1 aliphatic carbocycles. The Balaban J connectivity index is 2.04. The van der Waals surface area contributed by atoms with Crippen LogP contribution in [0.4, 0.5) is 5.69 Å². The van der Waals surface area contributed by atoms with Gasteiger partial charge in [0.1, 0.15) is 17.6 Å². The molecule has 0 heterocycles. The molecule has 1 aromatic carbocycles. The Hall–Kier alpha value is -1.51. The molecule has 3 nitrogen and oxygen atoms in total. The predicted molar refractivity (Wildman–Crippen MR) is 77.9 cm³/mol. The van der Waals surface area contributed by atoms with Gasteiger partial charge >= 0.3 is 0 Å². The van der Waals surface area contributed by atoms with Gasteiger partial charge in [-0.25, -0.2) is 0 Å². The highest BCUT2D eigenvalue weighted by Crippen LogP contribution is 2.25. The Morgan fingerprint density at radius 3 is 2.79 bits per heavy atom. The van der Waals surface area contributed by atoms with Crippen molar-refractivity contribution >= 4 is 11.5 Å². The number of benzene rings is 1. The van der Waals surface area contributed by atoms with Gasteiger partial charge in [0.2, 0.25) is 0 Å². The molecule has 1 unspecified atom stereocenters. The maximum atomic E-state index is 11.4. The Morgan fingerprint density at radius 1 is 1.32 bits per heavy atom. The van der Waals surface area contributed by atoms with Crippen molar-refractivity contribution in [1.82, 2.24) is 0 Å². The molecular formula is C16H23NO2. The van der Waals surface area contributed by atoms with E-state index in [2.05, 4.69) is 30.9 Å². The third-order valence-electron chi connectivity index (χ3n) is 3.69. The first-order valence-corrected chi connectivity index (χ1v) is 7.26. The van der Waals surface area contributed by atoms with Crippen molar-refractivity contribution in [2.24, 2.45) is 0 Å². The minimum atomic E-state index is 0.0632. The number of ketones is 1. The molecular weight excluding hydrogens is 238 g/mol. The Morgan fingerprint density at radius 2 is 2.11 bits per heavy atom. The van der Waals surface area contributed by atoms with E-state index in [0.717, 1.165) is 38.1 Å². The van der Waals surface area contributed by atoms with Crippen molar-refractivity contribution < 1.29 is 9.53 Å². The predicted octanol–water partition coefficient (Wildman–Crippen LogP) is 3.42. The summed E-state index contributed by atoms with van der Waals surface area (Å²) in [6.45, 7) is 6.28. The third kappa shape index (κ3) is 3.72. The van der Waals surface area contributed by atoms with E-state index in [1.54, 1.807) is 0 Å². The third-order valence-corrected chi connectivity index (χ3v) is 3.69. The summed E-state index contributed by atoms with van der Waals surface area (Å²) in [7, 11) is 0. The van der Waals surface area contributed by atoms with Crippen LogP contribution in [0.3, 0.4) is 0 Å². The summed E-state index contributed by atoms with van der Waals surface area (Å²) < 4.78 is 5.96. The zero-order valence-electron chi connectivity index (χ0n) is 11.9. The van der Waals surface area contributed by atoms with Crippen LogP contribution < -0.4 is 9.64 Å². The first-order chi connectivity index (χ1) is 9.22. The smallest absolute Gasteiger partial charge is 0.136 e. The molecule has 0 aliphatic heterocycles. The molecule has 19 heavy (non-hydrogen) atoms. The lowest BCUT2D eigenvalue weighted by Gasteiger charge is -2.24. The van der Waals surface area contributed by atoms with Crippen molar-refractivity contribution in [2.45, 2.75) is 45.6 Å². The molecule has 0 amide bonds. The molecule has 1 aliphatic rings. The summed E-state index contributed by atoms with van der Waals surface area (Å²) in [5.41, 5.74) is 1.18. The average molecular weight is 261 g/mol. The van der Waals surface area contributed by atoms with Crippen LogP contribution in [0.25, 0.3) is 0 Å². The number of rotatable bonds is 5. The van der Waals surface area contributed by atoms with E-state index in [1.807, 2.05) is 12.1 Å². The van der Waals surface area contributed by atoms with Crippen molar-refractivity contribution in [1.29, 1.82) is 0 Å². The molecule has 1 aromatic rings. The summed E-state index contributed by atoms with van der Waals surface area (Å²) in [6, 6.07) is 8.18. The molecule has 1 saturated carbocycles. The molecule has 2 rings (SSSR count). The van der Waals surface area contributed by atoms with Crippen LogP contribution in [-0.2, 0) is 4.79 Å². The van der Waals surface area contributed by atoms with Crippen molar-refractivity contribution in [2.75, 3.05) is 18.0 Å². The Bertz CT molecular complexity index is 427. The maximum Gasteiger partial charge on any atom is 0.136 e. The number of hydrogen-bond donors (Lipinski definition) is 0. The van der Waals surface area contributed by atoms with E-state index < -0.39 is 0 Å². The second-order valence-electron chi connectivity index (χ2n) is 5.04. The van der Waals surface area contributed by atoms with E-state index in [4.69, 9.17) is 4.74 Å². The van der Waals surface area contributed by atoms with Gasteiger partial charge in [-0.05, 0) is 38.8 Å². The van der Waals surface area contributed by atoms with E-state index in [9.17, 15) is 4.79 Å². The minimum Gasteiger partial charge on any atom is -0.490 e. The first kappa shape index (κ1) is 13.9. The number of anilines is 1. The van der Waals surface area contributed by atoms with Crippen LogP contribution >= 0.6 is 0 Å². The van der Waals surface area contributed by atoms with Gasteiger partial charge in [-0.1, -0.05) is 6.07 Å². The topological polar surface area (TPSA) is 29.5 Å². The van der Waals surface area contributed by atoms with E-state index in [-0.39, 0.29) is 6.10 Å². The molecule has 3 heteroatoms. The summed E-state index contributed by atoms with van der Waals surface area (Å²) >= 11 is 0. The SMILES string of the molecule is CCN(CC)c1cccc(OC2CCCC(=O)C2)c1. The standard InChI is InChI=1S/C16H23NO2/c1-3-17(4-2)13-7-5-9-15(11-13)19-16-10-6-8-14(18)12-16/h5,7,9,11,16H,3-4,6,8,10,12H2,1-2H3. The monoisotopic (exact) mass is 261 g/mol. The lowest BCUT2D eigenvalue weighted by atomic mass is 9.96. The number of carbonyl (C=O) groups excluding carboxylic acids is 1. The van der Waals surface area contributed by atoms with Crippen LogP contribution in [0, 0.1) is 0 Å². The summed E-state index contributed by atoms with van der Waals surface area (Å²) in [5, 5.41) is 0. The largest absolute Gasteiger partial charge is 0.490 e. The van der Waals surface area contributed by atoms with Gasteiger partial charge < -0.3 is 9.64 Å². The van der Waals surface area contributed by atoms with Crippen LogP contribution in [0.1, 0.15) is 39.5 Å². The fourth-order valence-corrected chi connectivity index (χ4v) is 2.62. The Labute approximate surface area is 115 Å². The van der Waals surface area contributed by atoms with Gasteiger partial charge in [0, 0.05) is 37.7 Å². The fraction of sp³-hybridized carbons (Fsp3) is 0.562. The quantitative estimate of drug-likeness (QED) is 0.813. The normalized spacial score (nSPS) is 19.3. The second-order valence-corrected chi connectivity index (χ2v) is 5.04. The molecule has 1 fully saturated rings. The van der Waals surface area contributed by atoms with Crippen LogP contribution in [0.15, 0.2) is 24.3 Å². The molecule has 0 saturated heterocycles. The first-order valence-electron chi connectivity index (χ1n) is 7.26. The molecule has 0 aromatic heterocycles. The van der Waals surface area contributed by atoms with Crippen molar-refractivity contribution in [3.63, 3.8) is 0 Å². The highest BCUT2D eigenvalue weighted by molar-refractivity contribution is 5.79. The summed E-state index contributed by atoms with van der Waals surface area (Å²) in [6.07, 6.45) is 3.29. The number of nitrogens with zero attached hydrogens (tertiary/aromatic N) is 1. The number of hydrogen-bond acceptors (Lipinski definition) is 3.